The van der Waals surface area contributed by atoms with E-state index in [1.54, 1.807) is 0 Å². The lowest BCUT2D eigenvalue weighted by Gasteiger charge is -2.24. The van der Waals surface area contributed by atoms with Gasteiger partial charge in [0.05, 0.1) is 13.2 Å². The molecule has 1 fully saturated rings. The summed E-state index contributed by atoms with van der Waals surface area (Å²) < 4.78 is 4.34. The molecule has 0 radical (unpaired) electrons. The van der Waals surface area contributed by atoms with Crippen molar-refractivity contribution in [1.29, 1.82) is 0 Å². The number of carboxylic acid groups (broad SMARTS) is 1. The Labute approximate surface area is 81.1 Å². The first-order valence-corrected chi connectivity index (χ1v) is 4.33. The number of nitrogens with zero attached hydrogens (tertiary/aromatic N) is 1. The molecule has 0 aromatic rings. The number of esters is 1. The number of amides is 1. The quantitative estimate of drug-likeness (QED) is 0.599. The fraction of sp³-hybridized carbons (Fsp3) is 0.750. The normalized spacial score (nSPS) is 23.3. The van der Waals surface area contributed by atoms with Crippen molar-refractivity contribution in [2.24, 2.45) is 0 Å². The molecule has 80 valence electrons. The molecule has 1 heterocycles. The van der Waals surface area contributed by atoms with E-state index >= 15 is 0 Å². The second-order valence-electron chi connectivity index (χ2n) is 3.15. The third kappa shape index (κ3) is 1.95. The molecule has 0 aromatic heterocycles. The van der Waals surface area contributed by atoms with Gasteiger partial charge in [-0.25, -0.2) is 9.59 Å². The second-order valence-corrected chi connectivity index (χ2v) is 3.15. The van der Waals surface area contributed by atoms with Crippen molar-refractivity contribution in [2.45, 2.75) is 25.0 Å². The third-order valence-electron chi connectivity index (χ3n) is 2.35. The average Bonchev–Trinajstić information content (AvgIpc) is 2.63. The zero-order chi connectivity index (χ0) is 10.7. The fourth-order valence-corrected chi connectivity index (χ4v) is 1.64. The van der Waals surface area contributed by atoms with Crippen molar-refractivity contribution >= 4 is 12.1 Å². The Balaban J connectivity index is 2.66. The van der Waals surface area contributed by atoms with E-state index in [-0.39, 0.29) is 0 Å². The second kappa shape index (κ2) is 4.28. The lowest BCUT2D eigenvalue weighted by molar-refractivity contribution is -0.153. The molecule has 0 saturated carbocycles. The summed E-state index contributed by atoms with van der Waals surface area (Å²) in [6.45, 7) is 0.355. The highest BCUT2D eigenvalue weighted by molar-refractivity contribution is 5.76. The molecule has 1 aliphatic heterocycles. The molecule has 0 aliphatic carbocycles. The van der Waals surface area contributed by atoms with Crippen molar-refractivity contribution in [3.8, 4) is 0 Å². The van der Waals surface area contributed by atoms with Crippen LogP contribution in [-0.2, 0) is 9.53 Å². The summed E-state index contributed by atoms with van der Waals surface area (Å²) in [6.07, 6.45) is -1.35. The Bertz CT molecular complexity index is 242. The number of rotatable bonds is 2. The maximum Gasteiger partial charge on any atom is 0.407 e. The monoisotopic (exact) mass is 203 g/mol. The fourth-order valence-electron chi connectivity index (χ4n) is 1.64. The topological polar surface area (TPSA) is 87.1 Å². The minimum atomic E-state index is -1.38. The zero-order valence-corrected chi connectivity index (χ0v) is 7.84. The van der Waals surface area contributed by atoms with E-state index in [2.05, 4.69) is 4.74 Å². The standard InChI is InChI=1S/C8H13NO5/c1-14-7(11)6(10)5-3-2-4-9(5)8(12)13/h5-6,10H,2-4H2,1H3,(H,12,13)/t5-,6+/m0/s1. The number of carbonyl (C=O) groups excluding carboxylic acids is 1. The zero-order valence-electron chi connectivity index (χ0n) is 7.84. The van der Waals surface area contributed by atoms with Gasteiger partial charge in [-0.2, -0.15) is 0 Å². The minimum absolute atomic E-state index is 0.355. The van der Waals surface area contributed by atoms with Gasteiger partial charge in [0.1, 0.15) is 0 Å². The molecule has 0 spiro atoms. The molecule has 1 rings (SSSR count). The van der Waals surface area contributed by atoms with E-state index in [0.29, 0.717) is 19.4 Å². The molecule has 6 heteroatoms. The van der Waals surface area contributed by atoms with Gasteiger partial charge >= 0.3 is 12.1 Å². The Kier molecular flexibility index (Phi) is 3.29. The van der Waals surface area contributed by atoms with E-state index in [0.717, 1.165) is 12.0 Å². The van der Waals surface area contributed by atoms with Gasteiger partial charge in [-0.15, -0.1) is 0 Å². The first-order chi connectivity index (χ1) is 6.57. The predicted molar refractivity (Wildman–Crippen MR) is 45.8 cm³/mol. The summed E-state index contributed by atoms with van der Waals surface area (Å²) in [7, 11) is 1.16. The Morgan fingerprint density at radius 1 is 1.57 bits per heavy atom. The van der Waals surface area contributed by atoms with Gasteiger partial charge in [-0.05, 0) is 12.8 Å². The van der Waals surface area contributed by atoms with E-state index in [9.17, 15) is 14.7 Å². The lowest BCUT2D eigenvalue weighted by Crippen LogP contribution is -2.45. The summed E-state index contributed by atoms with van der Waals surface area (Å²) in [5.74, 6) is -0.789. The number of methoxy groups -OCH3 is 1. The van der Waals surface area contributed by atoms with Crippen LogP contribution in [0.15, 0.2) is 0 Å². The summed E-state index contributed by atoms with van der Waals surface area (Å²) in [5, 5.41) is 18.2. The highest BCUT2D eigenvalue weighted by Crippen LogP contribution is 2.20. The van der Waals surface area contributed by atoms with Crippen LogP contribution < -0.4 is 0 Å². The predicted octanol–water partition coefficient (Wildman–Crippen LogP) is -0.337. The highest BCUT2D eigenvalue weighted by Gasteiger charge is 2.37. The maximum absolute atomic E-state index is 11.0. The van der Waals surface area contributed by atoms with Crippen molar-refractivity contribution < 1.29 is 24.5 Å². The van der Waals surface area contributed by atoms with Crippen LogP contribution in [0.1, 0.15) is 12.8 Å². The van der Waals surface area contributed by atoms with Crippen LogP contribution in [0.4, 0.5) is 4.79 Å². The van der Waals surface area contributed by atoms with Crippen LogP contribution in [-0.4, -0.2) is 53.0 Å². The van der Waals surface area contributed by atoms with Crippen LogP contribution in [0, 0.1) is 0 Å². The van der Waals surface area contributed by atoms with Crippen LogP contribution in [0.3, 0.4) is 0 Å². The maximum atomic E-state index is 11.0. The first-order valence-electron chi connectivity index (χ1n) is 4.33. The number of likely N-dealkylation sites (tertiary alicyclic amines) is 1. The largest absolute Gasteiger partial charge is 0.467 e. The van der Waals surface area contributed by atoms with Crippen LogP contribution in [0.5, 0.6) is 0 Å². The van der Waals surface area contributed by atoms with Gasteiger partial charge in [-0.3, -0.25) is 0 Å². The van der Waals surface area contributed by atoms with Crippen LogP contribution >= 0.6 is 0 Å². The molecule has 0 unspecified atom stereocenters. The molecule has 6 nitrogen and oxygen atoms in total. The van der Waals surface area contributed by atoms with Crippen molar-refractivity contribution in [2.75, 3.05) is 13.7 Å². The van der Waals surface area contributed by atoms with Gasteiger partial charge in [0, 0.05) is 6.54 Å². The molecule has 1 amide bonds. The Morgan fingerprint density at radius 3 is 2.71 bits per heavy atom. The molecule has 1 aliphatic rings. The van der Waals surface area contributed by atoms with Crippen molar-refractivity contribution in [3.63, 3.8) is 0 Å². The van der Waals surface area contributed by atoms with E-state index < -0.39 is 24.2 Å². The van der Waals surface area contributed by atoms with E-state index in [1.165, 1.54) is 0 Å². The lowest BCUT2D eigenvalue weighted by atomic mass is 10.1. The molecular formula is C8H13NO5. The van der Waals surface area contributed by atoms with E-state index in [4.69, 9.17) is 5.11 Å². The van der Waals surface area contributed by atoms with Crippen LogP contribution in [0.2, 0.25) is 0 Å². The SMILES string of the molecule is COC(=O)[C@H](O)[C@@H]1CCCN1C(=O)O. The number of aliphatic hydroxyl groups excluding tert-OH is 1. The van der Waals surface area contributed by atoms with E-state index in [1.807, 2.05) is 0 Å². The number of aliphatic hydroxyl groups is 1. The van der Waals surface area contributed by atoms with Crippen molar-refractivity contribution in [1.82, 2.24) is 4.90 Å². The summed E-state index contributed by atoms with van der Waals surface area (Å²) in [6, 6.07) is -0.667. The van der Waals surface area contributed by atoms with Gasteiger partial charge in [0.15, 0.2) is 6.10 Å². The van der Waals surface area contributed by atoms with Gasteiger partial charge in [0.2, 0.25) is 0 Å². The number of carbonyl (C=O) groups is 2. The average molecular weight is 203 g/mol. The third-order valence-corrected chi connectivity index (χ3v) is 2.35. The number of ether oxygens (including phenoxy) is 1. The van der Waals surface area contributed by atoms with Gasteiger partial charge in [-0.1, -0.05) is 0 Å². The number of hydrogen-bond acceptors (Lipinski definition) is 4. The molecule has 1 saturated heterocycles. The molecule has 14 heavy (non-hydrogen) atoms. The summed E-state index contributed by atoms with van der Waals surface area (Å²) in [4.78, 5) is 22.7. The molecular weight excluding hydrogens is 190 g/mol. The molecule has 2 atom stereocenters. The first kappa shape index (κ1) is 10.8. The summed E-state index contributed by atoms with van der Waals surface area (Å²) in [5.41, 5.74) is 0. The van der Waals surface area contributed by atoms with Crippen molar-refractivity contribution in [3.05, 3.63) is 0 Å². The molecule has 0 aromatic carbocycles. The van der Waals surface area contributed by atoms with Crippen LogP contribution in [0.25, 0.3) is 0 Å². The van der Waals surface area contributed by atoms with Gasteiger partial charge in [0.25, 0.3) is 0 Å². The smallest absolute Gasteiger partial charge is 0.407 e. The molecule has 0 bridgehead atoms. The highest BCUT2D eigenvalue weighted by atomic mass is 16.5. The minimum Gasteiger partial charge on any atom is -0.467 e. The summed E-state index contributed by atoms with van der Waals surface area (Å²) >= 11 is 0. The molecule has 2 N–H and O–H groups in total. The Hall–Kier alpha value is -1.30. The number of hydrogen-bond donors (Lipinski definition) is 2. The Morgan fingerprint density at radius 2 is 2.21 bits per heavy atom. The van der Waals surface area contributed by atoms with Gasteiger partial charge < -0.3 is 19.8 Å².